The highest BCUT2D eigenvalue weighted by molar-refractivity contribution is 4.80. The highest BCUT2D eigenvalue weighted by Gasteiger charge is 2.32. The molecule has 0 aromatic heterocycles. The van der Waals surface area contributed by atoms with Gasteiger partial charge in [0.05, 0.1) is 0 Å². The summed E-state index contributed by atoms with van der Waals surface area (Å²) in [6.07, 6.45) is 0.556. The zero-order valence-corrected chi connectivity index (χ0v) is 10.2. The van der Waals surface area contributed by atoms with Gasteiger partial charge in [-0.25, -0.2) is 0 Å². The molecule has 0 atom stereocenters. The molecule has 14 heavy (non-hydrogen) atoms. The molecule has 3 nitrogen and oxygen atoms in total. The van der Waals surface area contributed by atoms with Gasteiger partial charge in [-0.1, -0.05) is 27.7 Å². The molecule has 0 spiro atoms. The molecule has 0 aromatic rings. The first kappa shape index (κ1) is 12.0. The minimum absolute atomic E-state index is 0.556. The lowest BCUT2D eigenvalue weighted by molar-refractivity contribution is -0.00393. The van der Waals surface area contributed by atoms with Gasteiger partial charge in [-0.05, 0) is 26.2 Å². The molecule has 1 saturated heterocycles. The van der Waals surface area contributed by atoms with Crippen molar-refractivity contribution in [3.63, 3.8) is 0 Å². The van der Waals surface area contributed by atoms with Crippen LogP contribution in [0.3, 0.4) is 0 Å². The molecule has 0 amide bonds. The van der Waals surface area contributed by atoms with E-state index in [2.05, 4.69) is 42.4 Å². The molecule has 1 aliphatic heterocycles. The Kier molecular flexibility index (Phi) is 4.85. The zero-order chi connectivity index (χ0) is 10.6. The Hall–Kier alpha value is -0.120. The van der Waals surface area contributed by atoms with Gasteiger partial charge in [0, 0.05) is 13.1 Å². The van der Waals surface area contributed by atoms with Crippen LogP contribution in [0.5, 0.6) is 0 Å². The van der Waals surface area contributed by atoms with Crippen LogP contribution in [0, 0.1) is 0 Å². The van der Waals surface area contributed by atoms with Crippen molar-refractivity contribution in [3.8, 4) is 0 Å². The third kappa shape index (κ3) is 2.27. The molecular weight excluding hydrogens is 174 g/mol. The Morgan fingerprint density at radius 3 is 1.64 bits per heavy atom. The Balaban J connectivity index is 2.66. The highest BCUT2D eigenvalue weighted by atomic mass is 15.5. The van der Waals surface area contributed by atoms with E-state index >= 15 is 0 Å². The average molecular weight is 199 g/mol. The molecule has 1 aliphatic rings. The van der Waals surface area contributed by atoms with Gasteiger partial charge in [-0.2, -0.15) is 0 Å². The Labute approximate surface area is 88.7 Å². The molecule has 3 heteroatoms. The fraction of sp³-hybridized carbons (Fsp3) is 1.00. The van der Waals surface area contributed by atoms with Crippen LogP contribution in [0.2, 0.25) is 0 Å². The van der Waals surface area contributed by atoms with Gasteiger partial charge in [0.2, 0.25) is 0 Å². The van der Waals surface area contributed by atoms with Gasteiger partial charge in [0.1, 0.15) is 6.29 Å². The summed E-state index contributed by atoms with van der Waals surface area (Å²) in [6.45, 7) is 16.1. The van der Waals surface area contributed by atoms with Crippen LogP contribution >= 0.6 is 0 Å². The van der Waals surface area contributed by atoms with Gasteiger partial charge in [0.25, 0.3) is 0 Å². The van der Waals surface area contributed by atoms with E-state index < -0.39 is 0 Å². The fourth-order valence-electron chi connectivity index (χ4n) is 2.37. The molecule has 0 aliphatic carbocycles. The Bertz CT molecular complexity index is 145. The van der Waals surface area contributed by atoms with E-state index in [0.717, 1.165) is 26.2 Å². The van der Waals surface area contributed by atoms with Crippen LogP contribution in [0.4, 0.5) is 0 Å². The SMILES string of the molecule is CCN(CC)C1N(CC)CCN1CC. The van der Waals surface area contributed by atoms with E-state index in [0.29, 0.717) is 6.29 Å². The molecule has 84 valence electrons. The maximum Gasteiger partial charge on any atom is 0.119 e. The third-order valence-corrected chi connectivity index (χ3v) is 3.28. The molecule has 0 aromatic carbocycles. The maximum absolute atomic E-state index is 2.57. The first-order chi connectivity index (χ1) is 6.78. The second kappa shape index (κ2) is 5.69. The number of hydrogen-bond donors (Lipinski definition) is 0. The Morgan fingerprint density at radius 1 is 0.929 bits per heavy atom. The van der Waals surface area contributed by atoms with Crippen molar-refractivity contribution in [3.05, 3.63) is 0 Å². The minimum Gasteiger partial charge on any atom is -0.276 e. The molecule has 0 unspecified atom stereocenters. The maximum atomic E-state index is 2.57. The smallest absolute Gasteiger partial charge is 0.119 e. The highest BCUT2D eigenvalue weighted by Crippen LogP contribution is 2.17. The van der Waals surface area contributed by atoms with Crippen molar-refractivity contribution in [2.45, 2.75) is 34.0 Å². The Morgan fingerprint density at radius 2 is 1.36 bits per heavy atom. The first-order valence-electron chi connectivity index (χ1n) is 6.00. The molecule has 0 saturated carbocycles. The summed E-state index contributed by atoms with van der Waals surface area (Å²) < 4.78 is 0. The number of nitrogens with zero attached hydrogens (tertiary/aromatic N) is 3. The summed E-state index contributed by atoms with van der Waals surface area (Å²) in [6, 6.07) is 0. The van der Waals surface area contributed by atoms with Crippen molar-refractivity contribution >= 4 is 0 Å². The molecule has 0 radical (unpaired) electrons. The molecule has 1 fully saturated rings. The van der Waals surface area contributed by atoms with Crippen LogP contribution in [0.1, 0.15) is 27.7 Å². The lowest BCUT2D eigenvalue weighted by Gasteiger charge is -2.37. The van der Waals surface area contributed by atoms with Crippen molar-refractivity contribution in [1.29, 1.82) is 0 Å². The van der Waals surface area contributed by atoms with Gasteiger partial charge in [-0.15, -0.1) is 0 Å². The van der Waals surface area contributed by atoms with Crippen molar-refractivity contribution in [2.75, 3.05) is 39.3 Å². The summed E-state index contributed by atoms with van der Waals surface area (Å²) in [5, 5.41) is 0. The summed E-state index contributed by atoms with van der Waals surface area (Å²) >= 11 is 0. The molecule has 0 N–H and O–H groups in total. The van der Waals surface area contributed by atoms with Crippen LogP contribution in [-0.2, 0) is 0 Å². The van der Waals surface area contributed by atoms with Gasteiger partial charge in [-0.3, -0.25) is 14.7 Å². The summed E-state index contributed by atoms with van der Waals surface area (Å²) in [5.74, 6) is 0. The van der Waals surface area contributed by atoms with E-state index in [1.165, 1.54) is 13.1 Å². The van der Waals surface area contributed by atoms with E-state index in [1.54, 1.807) is 0 Å². The van der Waals surface area contributed by atoms with Crippen LogP contribution in [0.15, 0.2) is 0 Å². The van der Waals surface area contributed by atoms with Crippen molar-refractivity contribution in [2.24, 2.45) is 0 Å². The lowest BCUT2D eigenvalue weighted by atomic mass is 10.4. The van der Waals surface area contributed by atoms with Crippen molar-refractivity contribution in [1.82, 2.24) is 14.7 Å². The summed E-state index contributed by atoms with van der Waals surface area (Å²) in [7, 11) is 0. The van der Waals surface area contributed by atoms with E-state index in [-0.39, 0.29) is 0 Å². The number of hydrogen-bond acceptors (Lipinski definition) is 3. The van der Waals surface area contributed by atoms with Crippen LogP contribution < -0.4 is 0 Å². The van der Waals surface area contributed by atoms with Gasteiger partial charge < -0.3 is 0 Å². The van der Waals surface area contributed by atoms with E-state index in [1.807, 2.05) is 0 Å². The largest absolute Gasteiger partial charge is 0.276 e. The summed E-state index contributed by atoms with van der Waals surface area (Å²) in [4.78, 5) is 7.67. The van der Waals surface area contributed by atoms with Gasteiger partial charge >= 0.3 is 0 Å². The monoisotopic (exact) mass is 199 g/mol. The normalized spacial score (nSPS) is 21.2. The molecule has 1 rings (SSSR count). The van der Waals surface area contributed by atoms with Crippen LogP contribution in [-0.4, -0.2) is 60.3 Å². The molecular formula is C11H25N3. The predicted octanol–water partition coefficient (Wildman–Crippen LogP) is 1.27. The summed E-state index contributed by atoms with van der Waals surface area (Å²) in [5.41, 5.74) is 0. The molecule has 1 heterocycles. The zero-order valence-electron chi connectivity index (χ0n) is 10.2. The first-order valence-corrected chi connectivity index (χ1v) is 6.00. The third-order valence-electron chi connectivity index (χ3n) is 3.28. The topological polar surface area (TPSA) is 9.72 Å². The van der Waals surface area contributed by atoms with Crippen LogP contribution in [0.25, 0.3) is 0 Å². The van der Waals surface area contributed by atoms with E-state index in [4.69, 9.17) is 0 Å². The lowest BCUT2D eigenvalue weighted by Crippen LogP contribution is -2.51. The van der Waals surface area contributed by atoms with E-state index in [9.17, 15) is 0 Å². The van der Waals surface area contributed by atoms with Crippen molar-refractivity contribution < 1.29 is 0 Å². The molecule has 0 bridgehead atoms. The minimum atomic E-state index is 0.556. The quantitative estimate of drug-likeness (QED) is 0.660. The standard InChI is InChI=1S/C11H25N3/c1-5-12(6-2)11-13(7-3)9-10-14(11)8-4/h11H,5-10H2,1-4H3. The number of rotatable bonds is 5. The second-order valence-electron chi connectivity index (χ2n) is 3.82. The predicted molar refractivity (Wildman–Crippen MR) is 61.2 cm³/mol. The van der Waals surface area contributed by atoms with Gasteiger partial charge in [0.15, 0.2) is 0 Å². The second-order valence-corrected chi connectivity index (χ2v) is 3.82. The average Bonchev–Trinajstić information content (AvgIpc) is 2.63. The fourth-order valence-corrected chi connectivity index (χ4v) is 2.37. The number of likely N-dealkylation sites (N-methyl/N-ethyl adjacent to an activating group) is 2.